The predicted molar refractivity (Wildman–Crippen MR) is 95.0 cm³/mol. The van der Waals surface area contributed by atoms with Gasteiger partial charge in [-0.05, 0) is 36.2 Å². The Hall–Kier alpha value is -1.85. The van der Waals surface area contributed by atoms with Crippen molar-refractivity contribution in [3.8, 4) is 0 Å². The molecule has 0 spiro atoms. The van der Waals surface area contributed by atoms with Crippen molar-refractivity contribution in [2.75, 3.05) is 11.9 Å². The molecule has 23 heavy (non-hydrogen) atoms. The number of benzene rings is 1. The van der Waals surface area contributed by atoms with Gasteiger partial charge in [-0.15, -0.1) is 11.8 Å². The number of thioether (sulfide) groups is 1. The van der Waals surface area contributed by atoms with E-state index in [-0.39, 0.29) is 17.3 Å². The van der Waals surface area contributed by atoms with Crippen LogP contribution in [0.4, 0.5) is 5.69 Å². The van der Waals surface area contributed by atoms with Crippen LogP contribution in [0.25, 0.3) is 0 Å². The molecule has 1 aromatic carbocycles. The summed E-state index contributed by atoms with van der Waals surface area (Å²) in [5.41, 5.74) is 2.36. The summed E-state index contributed by atoms with van der Waals surface area (Å²) in [5, 5.41) is 12.6. The standard InChI is InChI=1S/C18H22N2O2S/c1-18(2,3)23-16-12-14(8-10-19-16)17(22)20-15-6-4-13(5-7-15)9-11-21/h4-8,10,12,21H,9,11H2,1-3H3,(H,20,22). The first-order chi connectivity index (χ1) is 10.9. The van der Waals surface area contributed by atoms with Gasteiger partial charge in [0.05, 0.1) is 5.03 Å². The summed E-state index contributed by atoms with van der Waals surface area (Å²) in [6, 6.07) is 11.0. The second-order valence-electron chi connectivity index (χ2n) is 6.22. The molecule has 0 atom stereocenters. The Morgan fingerprint density at radius 1 is 1.22 bits per heavy atom. The summed E-state index contributed by atoms with van der Waals surface area (Å²) in [6.45, 7) is 6.46. The van der Waals surface area contributed by atoms with Crippen LogP contribution in [0.15, 0.2) is 47.6 Å². The number of aliphatic hydroxyl groups is 1. The molecule has 1 amide bonds. The van der Waals surface area contributed by atoms with Gasteiger partial charge in [0.1, 0.15) is 0 Å². The van der Waals surface area contributed by atoms with Gasteiger partial charge < -0.3 is 10.4 Å². The van der Waals surface area contributed by atoms with Crippen LogP contribution in [-0.2, 0) is 6.42 Å². The lowest BCUT2D eigenvalue weighted by atomic mass is 10.1. The van der Waals surface area contributed by atoms with Crippen molar-refractivity contribution in [2.24, 2.45) is 0 Å². The molecule has 2 aromatic rings. The molecule has 2 N–H and O–H groups in total. The Bertz CT molecular complexity index is 663. The zero-order valence-electron chi connectivity index (χ0n) is 13.7. The quantitative estimate of drug-likeness (QED) is 0.820. The van der Waals surface area contributed by atoms with Gasteiger partial charge in [-0.25, -0.2) is 4.98 Å². The molecule has 0 saturated heterocycles. The van der Waals surface area contributed by atoms with E-state index in [2.05, 4.69) is 31.1 Å². The van der Waals surface area contributed by atoms with Crippen molar-refractivity contribution in [1.29, 1.82) is 0 Å². The third-order valence-electron chi connectivity index (χ3n) is 3.02. The van der Waals surface area contributed by atoms with Crippen LogP contribution in [0.2, 0.25) is 0 Å². The number of hydrogen-bond acceptors (Lipinski definition) is 4. The van der Waals surface area contributed by atoms with E-state index < -0.39 is 0 Å². The number of carbonyl (C=O) groups excluding carboxylic acids is 1. The van der Waals surface area contributed by atoms with E-state index in [1.54, 1.807) is 24.0 Å². The number of rotatable bonds is 5. The summed E-state index contributed by atoms with van der Waals surface area (Å²) < 4.78 is 0.0463. The molecule has 0 bridgehead atoms. The normalized spacial score (nSPS) is 11.3. The Labute approximate surface area is 141 Å². The molecule has 4 nitrogen and oxygen atoms in total. The van der Waals surface area contributed by atoms with E-state index in [0.29, 0.717) is 12.0 Å². The summed E-state index contributed by atoms with van der Waals surface area (Å²) in [7, 11) is 0. The Kier molecular flexibility index (Phi) is 5.80. The van der Waals surface area contributed by atoms with Gasteiger partial charge in [0.15, 0.2) is 0 Å². The van der Waals surface area contributed by atoms with Crippen molar-refractivity contribution < 1.29 is 9.90 Å². The molecule has 2 rings (SSSR count). The molecule has 1 aromatic heterocycles. The highest BCUT2D eigenvalue weighted by Crippen LogP contribution is 2.30. The fourth-order valence-corrected chi connectivity index (χ4v) is 2.93. The van der Waals surface area contributed by atoms with Gasteiger partial charge in [0.25, 0.3) is 5.91 Å². The van der Waals surface area contributed by atoms with E-state index in [0.717, 1.165) is 16.3 Å². The molecule has 0 radical (unpaired) electrons. The van der Waals surface area contributed by atoms with Crippen LogP contribution >= 0.6 is 11.8 Å². The van der Waals surface area contributed by atoms with Crippen molar-refractivity contribution in [1.82, 2.24) is 4.98 Å². The highest BCUT2D eigenvalue weighted by molar-refractivity contribution is 8.00. The highest BCUT2D eigenvalue weighted by Gasteiger charge is 2.15. The number of hydrogen-bond donors (Lipinski definition) is 2. The van der Waals surface area contributed by atoms with Gasteiger partial charge >= 0.3 is 0 Å². The van der Waals surface area contributed by atoms with Gasteiger partial charge in [0.2, 0.25) is 0 Å². The van der Waals surface area contributed by atoms with Crippen molar-refractivity contribution >= 4 is 23.4 Å². The minimum atomic E-state index is -0.155. The molecule has 0 unspecified atom stereocenters. The summed E-state index contributed by atoms with van der Waals surface area (Å²) in [4.78, 5) is 16.7. The number of nitrogens with zero attached hydrogens (tertiary/aromatic N) is 1. The maximum Gasteiger partial charge on any atom is 0.255 e. The molecule has 0 aliphatic heterocycles. The number of carbonyl (C=O) groups is 1. The van der Waals surface area contributed by atoms with Crippen LogP contribution in [-0.4, -0.2) is 27.4 Å². The molecule has 122 valence electrons. The zero-order valence-corrected chi connectivity index (χ0v) is 14.5. The Morgan fingerprint density at radius 3 is 2.52 bits per heavy atom. The van der Waals surface area contributed by atoms with Crippen LogP contribution in [0.5, 0.6) is 0 Å². The first kappa shape index (κ1) is 17.5. The van der Waals surface area contributed by atoms with Crippen LogP contribution in [0.3, 0.4) is 0 Å². The first-order valence-electron chi connectivity index (χ1n) is 7.53. The SMILES string of the molecule is CC(C)(C)Sc1cc(C(=O)Nc2ccc(CCO)cc2)ccn1. The minimum Gasteiger partial charge on any atom is -0.396 e. The molecule has 1 heterocycles. The largest absolute Gasteiger partial charge is 0.396 e. The van der Waals surface area contributed by atoms with Crippen LogP contribution in [0, 0.1) is 0 Å². The summed E-state index contributed by atoms with van der Waals surface area (Å²) in [5.74, 6) is -0.155. The fourth-order valence-electron chi connectivity index (χ4n) is 2.01. The Balaban J connectivity index is 2.07. The van der Waals surface area contributed by atoms with Gasteiger partial charge in [0, 0.05) is 28.8 Å². The van der Waals surface area contributed by atoms with E-state index >= 15 is 0 Å². The van der Waals surface area contributed by atoms with Gasteiger partial charge in [-0.1, -0.05) is 32.9 Å². The maximum absolute atomic E-state index is 12.4. The van der Waals surface area contributed by atoms with Gasteiger partial charge in [-0.3, -0.25) is 4.79 Å². The highest BCUT2D eigenvalue weighted by atomic mass is 32.2. The van der Waals surface area contributed by atoms with E-state index in [9.17, 15) is 4.79 Å². The summed E-state index contributed by atoms with van der Waals surface area (Å²) >= 11 is 1.63. The number of anilines is 1. The molecule has 0 aliphatic rings. The van der Waals surface area contributed by atoms with E-state index in [4.69, 9.17) is 5.11 Å². The average Bonchev–Trinajstić information content (AvgIpc) is 2.48. The third kappa shape index (κ3) is 5.69. The smallest absolute Gasteiger partial charge is 0.255 e. The lowest BCUT2D eigenvalue weighted by Crippen LogP contribution is -2.13. The van der Waals surface area contributed by atoms with Crippen molar-refractivity contribution in [2.45, 2.75) is 37.0 Å². The van der Waals surface area contributed by atoms with Crippen LogP contribution in [0.1, 0.15) is 36.7 Å². The number of aliphatic hydroxyl groups excluding tert-OH is 1. The molecular weight excluding hydrogens is 308 g/mol. The van der Waals surface area contributed by atoms with Crippen molar-refractivity contribution in [3.63, 3.8) is 0 Å². The molecule has 5 heteroatoms. The molecule has 0 aliphatic carbocycles. The number of nitrogens with one attached hydrogen (secondary N) is 1. The lowest BCUT2D eigenvalue weighted by Gasteiger charge is -2.16. The van der Waals surface area contributed by atoms with Crippen molar-refractivity contribution in [3.05, 3.63) is 53.7 Å². The van der Waals surface area contributed by atoms with E-state index in [1.807, 2.05) is 30.3 Å². The average molecular weight is 330 g/mol. The number of amides is 1. The predicted octanol–water partition coefficient (Wildman–Crippen LogP) is 3.76. The number of aromatic nitrogens is 1. The fraction of sp³-hybridized carbons (Fsp3) is 0.333. The molecular formula is C18H22N2O2S. The summed E-state index contributed by atoms with van der Waals surface area (Å²) in [6.07, 6.45) is 2.28. The second-order valence-corrected chi connectivity index (χ2v) is 8.07. The Morgan fingerprint density at radius 2 is 1.91 bits per heavy atom. The maximum atomic E-state index is 12.4. The topological polar surface area (TPSA) is 62.2 Å². The van der Waals surface area contributed by atoms with Crippen LogP contribution < -0.4 is 5.32 Å². The monoisotopic (exact) mass is 330 g/mol. The zero-order chi connectivity index (χ0) is 16.9. The molecule has 0 saturated carbocycles. The second kappa shape index (κ2) is 7.62. The number of pyridine rings is 1. The minimum absolute atomic E-state index is 0.0463. The first-order valence-corrected chi connectivity index (χ1v) is 8.35. The van der Waals surface area contributed by atoms with E-state index in [1.165, 1.54) is 0 Å². The lowest BCUT2D eigenvalue weighted by molar-refractivity contribution is 0.102. The molecule has 0 fully saturated rings. The third-order valence-corrected chi connectivity index (χ3v) is 4.06. The van der Waals surface area contributed by atoms with Gasteiger partial charge in [-0.2, -0.15) is 0 Å².